The highest BCUT2D eigenvalue weighted by Crippen LogP contribution is 2.33. The number of thiophene rings is 1. The first-order valence-corrected chi connectivity index (χ1v) is 11.0. The molecule has 0 bridgehead atoms. The Labute approximate surface area is 174 Å². The number of rotatable bonds is 7. The molecule has 1 atom stereocenters. The molecule has 2 heterocycles. The number of hydrogen-bond donors (Lipinski definition) is 1. The Balaban J connectivity index is 1.45. The van der Waals surface area contributed by atoms with Crippen molar-refractivity contribution in [3.05, 3.63) is 62.8 Å². The SMILES string of the molecule is CN(C)CCn1cnc2sc3c(c2c1=O)CCC(NCCc1ccccc1F)C3. The van der Waals surface area contributed by atoms with E-state index in [2.05, 4.69) is 15.2 Å². The number of likely N-dealkylation sites (N-methyl/N-ethyl adjacent to an activating group) is 1. The Bertz CT molecular complexity index is 1060. The van der Waals surface area contributed by atoms with E-state index >= 15 is 0 Å². The van der Waals surface area contributed by atoms with Gasteiger partial charge in [0.25, 0.3) is 5.56 Å². The van der Waals surface area contributed by atoms with Gasteiger partial charge in [-0.15, -0.1) is 11.3 Å². The first kappa shape index (κ1) is 20.2. The minimum Gasteiger partial charge on any atom is -0.313 e. The van der Waals surface area contributed by atoms with E-state index in [4.69, 9.17) is 0 Å². The van der Waals surface area contributed by atoms with Crippen molar-refractivity contribution in [1.82, 2.24) is 19.8 Å². The molecule has 5 nitrogen and oxygen atoms in total. The van der Waals surface area contributed by atoms with Crippen molar-refractivity contribution in [3.63, 3.8) is 0 Å². The maximum absolute atomic E-state index is 13.8. The zero-order valence-electron chi connectivity index (χ0n) is 16.9. The van der Waals surface area contributed by atoms with Gasteiger partial charge >= 0.3 is 0 Å². The number of nitrogens with one attached hydrogen (secondary N) is 1. The molecule has 29 heavy (non-hydrogen) atoms. The van der Waals surface area contributed by atoms with E-state index in [1.165, 1.54) is 16.5 Å². The lowest BCUT2D eigenvalue weighted by atomic mass is 9.93. The van der Waals surface area contributed by atoms with Crippen LogP contribution in [-0.2, 0) is 25.8 Å². The van der Waals surface area contributed by atoms with Crippen molar-refractivity contribution < 1.29 is 4.39 Å². The molecule has 1 N–H and O–H groups in total. The minimum atomic E-state index is -0.138. The van der Waals surface area contributed by atoms with Crippen LogP contribution in [0.4, 0.5) is 4.39 Å². The molecule has 0 saturated carbocycles. The lowest BCUT2D eigenvalue weighted by molar-refractivity contribution is 0.380. The highest BCUT2D eigenvalue weighted by Gasteiger charge is 2.25. The summed E-state index contributed by atoms with van der Waals surface area (Å²) in [5.74, 6) is -0.138. The van der Waals surface area contributed by atoms with Gasteiger partial charge in [-0.3, -0.25) is 9.36 Å². The lowest BCUT2D eigenvalue weighted by Gasteiger charge is -2.23. The van der Waals surface area contributed by atoms with Crippen molar-refractivity contribution in [1.29, 1.82) is 0 Å². The summed E-state index contributed by atoms with van der Waals surface area (Å²) in [6.07, 6.45) is 5.15. The summed E-state index contributed by atoms with van der Waals surface area (Å²) in [6, 6.07) is 7.31. The average Bonchev–Trinajstić information content (AvgIpc) is 3.07. The van der Waals surface area contributed by atoms with Crippen LogP contribution in [0, 0.1) is 5.82 Å². The van der Waals surface area contributed by atoms with E-state index in [0.29, 0.717) is 19.0 Å². The number of nitrogens with zero attached hydrogens (tertiary/aromatic N) is 3. The van der Waals surface area contributed by atoms with Crippen LogP contribution >= 0.6 is 11.3 Å². The van der Waals surface area contributed by atoms with Crippen molar-refractivity contribution in [2.24, 2.45) is 0 Å². The van der Waals surface area contributed by atoms with Gasteiger partial charge in [0.1, 0.15) is 10.6 Å². The number of aryl methyl sites for hydroxylation is 1. The predicted molar refractivity (Wildman–Crippen MR) is 116 cm³/mol. The largest absolute Gasteiger partial charge is 0.313 e. The summed E-state index contributed by atoms with van der Waals surface area (Å²) in [5.41, 5.74) is 2.02. The zero-order valence-corrected chi connectivity index (χ0v) is 17.8. The summed E-state index contributed by atoms with van der Waals surface area (Å²) < 4.78 is 15.5. The normalized spacial score (nSPS) is 16.5. The van der Waals surface area contributed by atoms with Gasteiger partial charge in [-0.05, 0) is 63.5 Å². The molecular formula is C22H27FN4OS. The van der Waals surface area contributed by atoms with Crippen molar-refractivity contribution in [3.8, 4) is 0 Å². The van der Waals surface area contributed by atoms with Crippen LogP contribution in [0.2, 0.25) is 0 Å². The highest BCUT2D eigenvalue weighted by atomic mass is 32.1. The molecule has 1 aromatic carbocycles. The van der Waals surface area contributed by atoms with Gasteiger partial charge in [-0.2, -0.15) is 0 Å². The van der Waals surface area contributed by atoms with Crippen molar-refractivity contribution >= 4 is 21.6 Å². The Hall–Kier alpha value is -2.09. The van der Waals surface area contributed by atoms with E-state index in [0.717, 1.165) is 48.1 Å². The third kappa shape index (κ3) is 4.42. The van der Waals surface area contributed by atoms with Gasteiger partial charge in [0, 0.05) is 24.0 Å². The maximum Gasteiger partial charge on any atom is 0.262 e. The summed E-state index contributed by atoms with van der Waals surface area (Å²) in [4.78, 5) is 21.7. The summed E-state index contributed by atoms with van der Waals surface area (Å²) in [6.45, 7) is 2.22. The van der Waals surface area contributed by atoms with E-state index in [1.54, 1.807) is 28.3 Å². The molecule has 3 aromatic rings. The molecule has 0 amide bonds. The topological polar surface area (TPSA) is 50.2 Å². The molecule has 1 aliphatic carbocycles. The molecule has 2 aromatic heterocycles. The number of benzene rings is 1. The van der Waals surface area contributed by atoms with Gasteiger partial charge in [0.15, 0.2) is 0 Å². The number of aromatic nitrogens is 2. The quantitative estimate of drug-likeness (QED) is 0.646. The van der Waals surface area contributed by atoms with Gasteiger partial charge in [-0.1, -0.05) is 18.2 Å². The van der Waals surface area contributed by atoms with Crippen LogP contribution < -0.4 is 10.9 Å². The molecule has 0 saturated heterocycles. The molecule has 7 heteroatoms. The Kier molecular flexibility index (Phi) is 6.08. The van der Waals surface area contributed by atoms with Crippen molar-refractivity contribution in [2.75, 3.05) is 27.2 Å². The summed E-state index contributed by atoms with van der Waals surface area (Å²) in [5, 5.41) is 4.39. The third-order valence-corrected chi connectivity index (χ3v) is 6.77. The van der Waals surface area contributed by atoms with Crippen LogP contribution in [-0.4, -0.2) is 47.7 Å². The maximum atomic E-state index is 13.8. The van der Waals surface area contributed by atoms with Crippen LogP contribution in [0.3, 0.4) is 0 Å². The Morgan fingerprint density at radius 2 is 2.17 bits per heavy atom. The molecule has 4 rings (SSSR count). The third-order valence-electron chi connectivity index (χ3n) is 5.61. The monoisotopic (exact) mass is 414 g/mol. The molecule has 1 unspecified atom stereocenters. The van der Waals surface area contributed by atoms with E-state index < -0.39 is 0 Å². The average molecular weight is 415 g/mol. The first-order valence-electron chi connectivity index (χ1n) is 10.1. The van der Waals surface area contributed by atoms with Crippen LogP contribution in [0.15, 0.2) is 35.4 Å². The minimum absolute atomic E-state index is 0.0836. The molecule has 0 spiro atoms. The van der Waals surface area contributed by atoms with Gasteiger partial charge in [-0.25, -0.2) is 9.37 Å². The second-order valence-corrected chi connectivity index (χ2v) is 9.05. The van der Waals surface area contributed by atoms with E-state index in [-0.39, 0.29) is 11.4 Å². The van der Waals surface area contributed by atoms with Crippen molar-refractivity contribution in [2.45, 2.75) is 38.3 Å². The van der Waals surface area contributed by atoms with Crippen LogP contribution in [0.5, 0.6) is 0 Å². The Morgan fingerprint density at radius 1 is 1.34 bits per heavy atom. The lowest BCUT2D eigenvalue weighted by Crippen LogP contribution is -2.35. The molecular weight excluding hydrogens is 387 g/mol. The van der Waals surface area contributed by atoms with E-state index in [1.807, 2.05) is 26.2 Å². The van der Waals surface area contributed by atoms with Gasteiger partial charge in [0.05, 0.1) is 11.7 Å². The molecule has 0 aliphatic heterocycles. The van der Waals surface area contributed by atoms with Gasteiger partial charge < -0.3 is 10.2 Å². The fourth-order valence-electron chi connectivity index (χ4n) is 3.95. The Morgan fingerprint density at radius 3 is 2.97 bits per heavy atom. The van der Waals surface area contributed by atoms with Crippen LogP contribution in [0.25, 0.3) is 10.2 Å². The summed E-state index contributed by atoms with van der Waals surface area (Å²) in [7, 11) is 4.01. The number of fused-ring (bicyclic) bond motifs is 3. The smallest absolute Gasteiger partial charge is 0.262 e. The first-order chi connectivity index (χ1) is 14.0. The second kappa shape index (κ2) is 8.73. The predicted octanol–water partition coefficient (Wildman–Crippen LogP) is 2.85. The molecule has 0 fully saturated rings. The van der Waals surface area contributed by atoms with E-state index in [9.17, 15) is 9.18 Å². The molecule has 1 aliphatic rings. The number of hydrogen-bond acceptors (Lipinski definition) is 5. The fourth-order valence-corrected chi connectivity index (χ4v) is 5.21. The summed E-state index contributed by atoms with van der Waals surface area (Å²) >= 11 is 1.65. The number of halogens is 1. The standard InChI is InChI=1S/C22H27FN4OS/c1-26(2)11-12-27-14-25-21-20(22(27)28)17-8-7-16(13-19(17)29-21)24-10-9-15-5-3-4-6-18(15)23/h3-6,14,16,24H,7-13H2,1-2H3. The second-order valence-electron chi connectivity index (χ2n) is 7.97. The zero-order chi connectivity index (χ0) is 20.4. The fraction of sp³-hybridized carbons (Fsp3) is 0.455. The molecule has 154 valence electrons. The highest BCUT2D eigenvalue weighted by molar-refractivity contribution is 7.18. The molecule has 0 radical (unpaired) electrons. The van der Waals surface area contributed by atoms with Gasteiger partial charge in [0.2, 0.25) is 0 Å². The van der Waals surface area contributed by atoms with Crippen LogP contribution in [0.1, 0.15) is 22.4 Å².